The van der Waals surface area contributed by atoms with Crippen LogP contribution in [0.1, 0.15) is 25.6 Å². The molecule has 0 amide bonds. The fraction of sp³-hybridized carbons (Fsp3) is 0.333. The summed E-state index contributed by atoms with van der Waals surface area (Å²) in [5.41, 5.74) is 0.925. The number of hydrogen-bond donors (Lipinski definition) is 0. The smallest absolute Gasteiger partial charge is 0.243 e. The molecule has 1 aromatic heterocycles. The molecule has 1 aromatic carbocycles. The molecule has 0 radical (unpaired) electrons. The topological polar surface area (TPSA) is 39.9 Å². The fourth-order valence-electron chi connectivity index (χ4n) is 1.59. The van der Waals surface area contributed by atoms with Gasteiger partial charge in [0, 0.05) is 5.92 Å². The molecule has 0 unspecified atom stereocenters. The van der Waals surface area contributed by atoms with Crippen LogP contribution in [0.15, 0.2) is 24.3 Å². The van der Waals surface area contributed by atoms with E-state index in [4.69, 9.17) is 16.3 Å². The largest absolute Gasteiger partial charge is 0.497 e. The lowest BCUT2D eigenvalue weighted by Crippen LogP contribution is -2.04. The zero-order valence-electron chi connectivity index (χ0n) is 10.0. The van der Waals surface area contributed by atoms with Crippen LogP contribution in [0, 0.1) is 0 Å². The second-order valence-electron chi connectivity index (χ2n) is 4.00. The number of halogens is 1. The van der Waals surface area contributed by atoms with E-state index in [2.05, 4.69) is 23.9 Å². The molecule has 0 aliphatic rings. The molecule has 90 valence electrons. The number of ether oxygens (including phenoxy) is 1. The Morgan fingerprint density at radius 2 is 1.88 bits per heavy atom. The molecule has 0 atom stereocenters. The van der Waals surface area contributed by atoms with E-state index in [9.17, 15) is 0 Å². The summed E-state index contributed by atoms with van der Waals surface area (Å²) in [6, 6.07) is 7.62. The van der Waals surface area contributed by atoms with Crippen LogP contribution in [0.2, 0.25) is 5.28 Å². The highest BCUT2D eigenvalue weighted by Crippen LogP contribution is 2.20. The van der Waals surface area contributed by atoms with Gasteiger partial charge >= 0.3 is 0 Å². The molecule has 4 nitrogen and oxygen atoms in total. The van der Waals surface area contributed by atoms with E-state index in [0.29, 0.717) is 0 Å². The van der Waals surface area contributed by atoms with Gasteiger partial charge in [-0.15, -0.1) is 5.10 Å². The SMILES string of the molecule is COc1ccc(-n2nc(Cl)nc2C(C)C)cc1. The maximum Gasteiger partial charge on any atom is 0.243 e. The summed E-state index contributed by atoms with van der Waals surface area (Å²) in [6.07, 6.45) is 0. The van der Waals surface area contributed by atoms with Crippen LogP contribution in [-0.4, -0.2) is 21.9 Å². The number of nitrogens with zero attached hydrogens (tertiary/aromatic N) is 3. The quantitative estimate of drug-likeness (QED) is 0.842. The van der Waals surface area contributed by atoms with E-state index in [1.807, 2.05) is 24.3 Å². The molecule has 2 aromatic rings. The Kier molecular flexibility index (Phi) is 3.33. The normalized spacial score (nSPS) is 10.9. The second kappa shape index (κ2) is 4.75. The van der Waals surface area contributed by atoms with E-state index >= 15 is 0 Å². The Morgan fingerprint density at radius 3 is 2.41 bits per heavy atom. The number of aromatic nitrogens is 3. The first kappa shape index (κ1) is 11.9. The van der Waals surface area contributed by atoms with Gasteiger partial charge in [-0.3, -0.25) is 0 Å². The van der Waals surface area contributed by atoms with Gasteiger partial charge in [0.05, 0.1) is 12.8 Å². The Hall–Kier alpha value is -1.55. The van der Waals surface area contributed by atoms with Gasteiger partial charge in [-0.2, -0.15) is 0 Å². The van der Waals surface area contributed by atoms with Crippen molar-refractivity contribution in [3.63, 3.8) is 0 Å². The zero-order valence-corrected chi connectivity index (χ0v) is 10.8. The van der Waals surface area contributed by atoms with Crippen molar-refractivity contribution < 1.29 is 4.74 Å². The molecule has 1 heterocycles. The number of methoxy groups -OCH3 is 1. The predicted octanol–water partition coefficient (Wildman–Crippen LogP) is 3.05. The molecule has 17 heavy (non-hydrogen) atoms. The summed E-state index contributed by atoms with van der Waals surface area (Å²) < 4.78 is 6.87. The highest BCUT2D eigenvalue weighted by molar-refractivity contribution is 6.28. The maximum absolute atomic E-state index is 5.85. The van der Waals surface area contributed by atoms with Crippen molar-refractivity contribution in [3.05, 3.63) is 35.4 Å². The average Bonchev–Trinajstić information content (AvgIpc) is 2.72. The van der Waals surface area contributed by atoms with Crippen molar-refractivity contribution >= 4 is 11.6 Å². The minimum atomic E-state index is 0.261. The molecule has 5 heteroatoms. The van der Waals surface area contributed by atoms with Gasteiger partial charge < -0.3 is 4.74 Å². The molecule has 0 spiro atoms. The van der Waals surface area contributed by atoms with Crippen LogP contribution in [0.4, 0.5) is 0 Å². The standard InChI is InChI=1S/C12H14ClN3O/c1-8(2)11-14-12(13)15-16(11)9-4-6-10(17-3)7-5-9/h4-8H,1-3H3. The lowest BCUT2D eigenvalue weighted by Gasteiger charge is -2.08. The second-order valence-corrected chi connectivity index (χ2v) is 4.34. The van der Waals surface area contributed by atoms with Gasteiger partial charge in [-0.05, 0) is 35.9 Å². The number of hydrogen-bond acceptors (Lipinski definition) is 3. The van der Waals surface area contributed by atoms with Crippen molar-refractivity contribution in [2.24, 2.45) is 0 Å². The summed E-state index contributed by atoms with van der Waals surface area (Å²) in [4.78, 5) is 4.22. The number of rotatable bonds is 3. The Bertz CT molecular complexity index is 505. The molecular formula is C12H14ClN3O. The molecule has 0 N–H and O–H groups in total. The van der Waals surface area contributed by atoms with Gasteiger partial charge in [0.15, 0.2) is 0 Å². The van der Waals surface area contributed by atoms with E-state index < -0.39 is 0 Å². The Morgan fingerprint density at radius 1 is 1.24 bits per heavy atom. The summed E-state index contributed by atoms with van der Waals surface area (Å²) in [5, 5.41) is 4.46. The van der Waals surface area contributed by atoms with Crippen LogP contribution in [-0.2, 0) is 0 Å². The van der Waals surface area contributed by atoms with Gasteiger partial charge in [0.1, 0.15) is 11.6 Å². The number of benzene rings is 1. The van der Waals surface area contributed by atoms with Crippen LogP contribution < -0.4 is 4.74 Å². The van der Waals surface area contributed by atoms with E-state index in [-0.39, 0.29) is 11.2 Å². The van der Waals surface area contributed by atoms with Gasteiger partial charge in [0.2, 0.25) is 5.28 Å². The maximum atomic E-state index is 5.85. The first-order chi connectivity index (χ1) is 8.11. The molecule has 0 aliphatic carbocycles. The lowest BCUT2D eigenvalue weighted by atomic mass is 10.2. The Balaban J connectivity index is 2.44. The minimum Gasteiger partial charge on any atom is -0.497 e. The van der Waals surface area contributed by atoms with E-state index in [1.54, 1.807) is 11.8 Å². The molecule has 0 aliphatic heterocycles. The summed E-state index contributed by atoms with van der Waals surface area (Å²) in [7, 11) is 1.64. The molecule has 2 rings (SSSR count). The van der Waals surface area contributed by atoms with Crippen molar-refractivity contribution in [2.45, 2.75) is 19.8 Å². The van der Waals surface area contributed by atoms with E-state index in [0.717, 1.165) is 17.3 Å². The average molecular weight is 252 g/mol. The third-order valence-electron chi connectivity index (χ3n) is 2.44. The molecule has 0 saturated heterocycles. The first-order valence-corrected chi connectivity index (χ1v) is 5.76. The Labute approximate surface area is 105 Å². The van der Waals surface area contributed by atoms with Crippen LogP contribution in [0.3, 0.4) is 0 Å². The fourth-order valence-corrected chi connectivity index (χ4v) is 1.75. The van der Waals surface area contributed by atoms with Gasteiger partial charge in [-0.1, -0.05) is 13.8 Å². The third-order valence-corrected chi connectivity index (χ3v) is 2.60. The molecule has 0 fully saturated rings. The monoisotopic (exact) mass is 251 g/mol. The van der Waals surface area contributed by atoms with E-state index in [1.165, 1.54) is 0 Å². The first-order valence-electron chi connectivity index (χ1n) is 5.38. The molecular weight excluding hydrogens is 238 g/mol. The molecule has 0 bridgehead atoms. The van der Waals surface area contributed by atoms with Crippen LogP contribution >= 0.6 is 11.6 Å². The predicted molar refractivity (Wildman–Crippen MR) is 67.0 cm³/mol. The minimum absolute atomic E-state index is 0.261. The van der Waals surface area contributed by atoms with Crippen LogP contribution in [0.25, 0.3) is 5.69 Å². The van der Waals surface area contributed by atoms with Gasteiger partial charge in [-0.25, -0.2) is 9.67 Å². The van der Waals surface area contributed by atoms with Crippen LogP contribution in [0.5, 0.6) is 5.75 Å². The highest BCUT2D eigenvalue weighted by atomic mass is 35.5. The van der Waals surface area contributed by atoms with Crippen molar-refractivity contribution in [1.82, 2.24) is 14.8 Å². The molecule has 0 saturated carbocycles. The van der Waals surface area contributed by atoms with Crippen molar-refractivity contribution in [1.29, 1.82) is 0 Å². The third kappa shape index (κ3) is 2.42. The van der Waals surface area contributed by atoms with Crippen molar-refractivity contribution in [3.8, 4) is 11.4 Å². The van der Waals surface area contributed by atoms with Gasteiger partial charge in [0.25, 0.3) is 0 Å². The summed E-state index contributed by atoms with van der Waals surface area (Å²) >= 11 is 5.85. The zero-order chi connectivity index (χ0) is 12.4. The summed E-state index contributed by atoms with van der Waals surface area (Å²) in [6.45, 7) is 4.11. The lowest BCUT2D eigenvalue weighted by molar-refractivity contribution is 0.414. The van der Waals surface area contributed by atoms with Crippen molar-refractivity contribution in [2.75, 3.05) is 7.11 Å². The highest BCUT2D eigenvalue weighted by Gasteiger charge is 2.13. The summed E-state index contributed by atoms with van der Waals surface area (Å²) in [5.74, 6) is 1.92.